The molecule has 148 valence electrons. The highest BCUT2D eigenvalue weighted by molar-refractivity contribution is 7.89. The molecule has 0 atom stereocenters. The minimum Gasteiger partial charge on any atom is -0.493 e. The van der Waals surface area contributed by atoms with Crippen molar-refractivity contribution in [1.82, 2.24) is 9.71 Å². The van der Waals surface area contributed by atoms with Crippen LogP contribution in [-0.2, 0) is 21.2 Å². The van der Waals surface area contributed by atoms with E-state index in [-0.39, 0.29) is 23.8 Å². The Hall–Kier alpha value is -2.17. The van der Waals surface area contributed by atoms with Crippen molar-refractivity contribution in [2.75, 3.05) is 26.1 Å². The van der Waals surface area contributed by atoms with Crippen molar-refractivity contribution in [3.63, 3.8) is 0 Å². The molecule has 0 fully saturated rings. The Balaban J connectivity index is 1.94. The van der Waals surface area contributed by atoms with Gasteiger partial charge in [0.05, 0.1) is 24.8 Å². The van der Waals surface area contributed by atoms with Gasteiger partial charge in [0, 0.05) is 23.9 Å². The van der Waals surface area contributed by atoms with Crippen LogP contribution in [0.2, 0.25) is 0 Å². The molecule has 0 saturated carbocycles. The van der Waals surface area contributed by atoms with E-state index in [9.17, 15) is 13.2 Å². The summed E-state index contributed by atoms with van der Waals surface area (Å²) in [7, 11) is -0.876. The van der Waals surface area contributed by atoms with Crippen LogP contribution in [0.15, 0.2) is 23.1 Å². The maximum absolute atomic E-state index is 12.4. The number of methoxy groups -OCH3 is 2. The summed E-state index contributed by atoms with van der Waals surface area (Å²) in [4.78, 5) is 17.4. The summed E-state index contributed by atoms with van der Waals surface area (Å²) in [5.41, 5.74) is 0.949. The third-order valence-corrected chi connectivity index (χ3v) is 6.17. The lowest BCUT2D eigenvalue weighted by atomic mass is 10.3. The second-order valence-electron chi connectivity index (χ2n) is 5.59. The zero-order valence-corrected chi connectivity index (χ0v) is 17.3. The van der Waals surface area contributed by atoms with E-state index < -0.39 is 10.0 Å². The SMILES string of the molecule is CCc1nc(NC(=O)CCNS(=O)(=O)c2ccc(OC)c(OC)c2)sc1C. The number of carbonyl (C=O) groups excluding carboxylic acids is 1. The largest absolute Gasteiger partial charge is 0.493 e. The molecule has 0 aliphatic carbocycles. The van der Waals surface area contributed by atoms with Crippen molar-refractivity contribution in [3.8, 4) is 11.5 Å². The molecule has 1 aromatic heterocycles. The maximum atomic E-state index is 12.4. The average molecular weight is 414 g/mol. The second kappa shape index (κ2) is 9.16. The van der Waals surface area contributed by atoms with Gasteiger partial charge in [0.25, 0.3) is 0 Å². The molecule has 0 radical (unpaired) electrons. The lowest BCUT2D eigenvalue weighted by Gasteiger charge is -2.11. The van der Waals surface area contributed by atoms with E-state index in [1.807, 2.05) is 13.8 Å². The molecule has 8 nitrogen and oxygen atoms in total. The quantitative estimate of drug-likeness (QED) is 0.653. The fourth-order valence-corrected chi connectivity index (χ4v) is 4.32. The van der Waals surface area contributed by atoms with Crippen LogP contribution in [0.25, 0.3) is 0 Å². The average Bonchev–Trinajstić information content (AvgIpc) is 2.99. The highest BCUT2D eigenvalue weighted by Gasteiger charge is 2.17. The first-order chi connectivity index (χ1) is 12.8. The number of nitrogens with one attached hydrogen (secondary N) is 2. The Morgan fingerprint density at radius 1 is 1.22 bits per heavy atom. The number of aromatic nitrogens is 1. The van der Waals surface area contributed by atoms with Gasteiger partial charge >= 0.3 is 0 Å². The molecule has 0 saturated heterocycles. The predicted octanol–water partition coefficient (Wildman–Crippen LogP) is 2.34. The van der Waals surface area contributed by atoms with Crippen LogP contribution in [0.5, 0.6) is 11.5 Å². The van der Waals surface area contributed by atoms with E-state index in [2.05, 4.69) is 15.0 Å². The molecule has 0 aliphatic rings. The van der Waals surface area contributed by atoms with Crippen LogP contribution in [0, 0.1) is 6.92 Å². The Labute approximate surface area is 163 Å². The maximum Gasteiger partial charge on any atom is 0.240 e. The number of carbonyl (C=O) groups is 1. The molecule has 2 N–H and O–H groups in total. The fourth-order valence-electron chi connectivity index (χ4n) is 2.36. The standard InChI is InChI=1S/C17H23N3O5S2/c1-5-13-11(2)26-17(19-13)20-16(21)8-9-18-27(22,23)12-6-7-14(24-3)15(10-12)25-4/h6-7,10,18H,5,8-9H2,1-4H3,(H,19,20,21). The molecule has 27 heavy (non-hydrogen) atoms. The number of nitrogens with zero attached hydrogens (tertiary/aromatic N) is 1. The Morgan fingerprint density at radius 2 is 1.93 bits per heavy atom. The van der Waals surface area contributed by atoms with E-state index in [1.165, 1.54) is 43.8 Å². The van der Waals surface area contributed by atoms with Gasteiger partial charge in [-0.3, -0.25) is 4.79 Å². The summed E-state index contributed by atoms with van der Waals surface area (Å²) in [5, 5.41) is 3.22. The molecule has 0 spiro atoms. The zero-order valence-electron chi connectivity index (χ0n) is 15.7. The summed E-state index contributed by atoms with van der Waals surface area (Å²) in [6.07, 6.45) is 0.788. The van der Waals surface area contributed by atoms with E-state index in [1.54, 1.807) is 0 Å². The van der Waals surface area contributed by atoms with Gasteiger partial charge in [-0.25, -0.2) is 18.1 Å². The molecule has 1 aromatic carbocycles. The van der Waals surface area contributed by atoms with Crippen LogP contribution < -0.4 is 19.5 Å². The minimum atomic E-state index is -3.77. The van der Waals surface area contributed by atoms with Gasteiger partial charge in [-0.2, -0.15) is 0 Å². The van der Waals surface area contributed by atoms with Crippen LogP contribution in [0.3, 0.4) is 0 Å². The van der Waals surface area contributed by atoms with Crippen molar-refractivity contribution in [3.05, 3.63) is 28.8 Å². The summed E-state index contributed by atoms with van der Waals surface area (Å²) < 4.78 is 37.4. The molecule has 0 unspecified atom stereocenters. The summed E-state index contributed by atoms with van der Waals surface area (Å²) in [6, 6.07) is 4.29. The summed E-state index contributed by atoms with van der Waals surface area (Å²) in [5.74, 6) is 0.436. The number of ether oxygens (including phenoxy) is 2. The van der Waals surface area contributed by atoms with Crippen molar-refractivity contribution in [2.24, 2.45) is 0 Å². The number of amides is 1. The zero-order chi connectivity index (χ0) is 20.0. The second-order valence-corrected chi connectivity index (χ2v) is 8.56. The molecule has 10 heteroatoms. The first-order valence-electron chi connectivity index (χ1n) is 8.28. The van der Waals surface area contributed by atoms with E-state index in [4.69, 9.17) is 9.47 Å². The molecular weight excluding hydrogens is 390 g/mol. The normalized spacial score (nSPS) is 11.3. The molecular formula is C17H23N3O5S2. The number of anilines is 1. The van der Waals surface area contributed by atoms with Crippen LogP contribution in [-0.4, -0.2) is 40.1 Å². The number of hydrogen-bond acceptors (Lipinski definition) is 7. The topological polar surface area (TPSA) is 107 Å². The smallest absolute Gasteiger partial charge is 0.240 e. The van der Waals surface area contributed by atoms with Gasteiger partial charge in [0.1, 0.15) is 0 Å². The number of thiazole rings is 1. The highest BCUT2D eigenvalue weighted by atomic mass is 32.2. The Kier molecular flexibility index (Phi) is 7.17. The van der Waals surface area contributed by atoms with Gasteiger partial charge in [0.2, 0.25) is 15.9 Å². The summed E-state index contributed by atoms with van der Waals surface area (Å²) >= 11 is 1.40. The van der Waals surface area contributed by atoms with Crippen LogP contribution in [0.1, 0.15) is 23.9 Å². The molecule has 0 bridgehead atoms. The molecule has 1 heterocycles. The predicted molar refractivity (Wildman–Crippen MR) is 104 cm³/mol. The molecule has 2 aromatic rings. The first kappa shape index (κ1) is 21.1. The third-order valence-electron chi connectivity index (χ3n) is 3.78. The monoisotopic (exact) mass is 413 g/mol. The minimum absolute atomic E-state index is 0.00734. The lowest BCUT2D eigenvalue weighted by molar-refractivity contribution is -0.116. The Morgan fingerprint density at radius 3 is 2.52 bits per heavy atom. The molecule has 1 amide bonds. The van der Waals surface area contributed by atoms with Crippen molar-refractivity contribution in [2.45, 2.75) is 31.6 Å². The van der Waals surface area contributed by atoms with Gasteiger partial charge in [-0.1, -0.05) is 6.92 Å². The van der Waals surface area contributed by atoms with Gasteiger partial charge in [-0.05, 0) is 25.5 Å². The van der Waals surface area contributed by atoms with Gasteiger partial charge in [-0.15, -0.1) is 11.3 Å². The van der Waals surface area contributed by atoms with Crippen molar-refractivity contribution < 1.29 is 22.7 Å². The number of aryl methyl sites for hydroxylation is 2. The number of sulfonamides is 1. The van der Waals surface area contributed by atoms with Crippen LogP contribution in [0.4, 0.5) is 5.13 Å². The van der Waals surface area contributed by atoms with E-state index in [0.29, 0.717) is 16.6 Å². The number of benzene rings is 1. The Bertz CT molecular complexity index is 909. The molecule has 2 rings (SSSR count). The fraction of sp³-hybridized carbons (Fsp3) is 0.412. The van der Waals surface area contributed by atoms with Crippen molar-refractivity contribution in [1.29, 1.82) is 0 Å². The summed E-state index contributed by atoms with van der Waals surface area (Å²) in [6.45, 7) is 3.91. The molecule has 0 aliphatic heterocycles. The van der Waals surface area contributed by atoms with Crippen molar-refractivity contribution >= 4 is 32.4 Å². The highest BCUT2D eigenvalue weighted by Crippen LogP contribution is 2.29. The van der Waals surface area contributed by atoms with Crippen LogP contribution >= 0.6 is 11.3 Å². The van der Waals surface area contributed by atoms with Gasteiger partial charge < -0.3 is 14.8 Å². The third kappa shape index (κ3) is 5.41. The first-order valence-corrected chi connectivity index (χ1v) is 10.6. The van der Waals surface area contributed by atoms with E-state index >= 15 is 0 Å². The number of rotatable bonds is 9. The van der Waals surface area contributed by atoms with E-state index in [0.717, 1.165) is 17.0 Å². The lowest BCUT2D eigenvalue weighted by Crippen LogP contribution is -2.27. The number of hydrogen-bond donors (Lipinski definition) is 2. The van der Waals surface area contributed by atoms with Gasteiger partial charge in [0.15, 0.2) is 16.6 Å².